The quantitative estimate of drug-likeness (QED) is 0.805. The van der Waals surface area contributed by atoms with Gasteiger partial charge in [0.25, 0.3) is 0 Å². The van der Waals surface area contributed by atoms with Gasteiger partial charge >= 0.3 is 0 Å². The van der Waals surface area contributed by atoms with E-state index in [2.05, 4.69) is 10.3 Å². The molecule has 4 nitrogen and oxygen atoms in total. The first kappa shape index (κ1) is 9.02. The zero-order chi connectivity index (χ0) is 9.80. The van der Waals surface area contributed by atoms with Gasteiger partial charge in [-0.3, -0.25) is 0 Å². The minimum absolute atomic E-state index is 0.661. The lowest BCUT2D eigenvalue weighted by molar-refractivity contribution is 0.481. The molecule has 0 fully saturated rings. The molecule has 0 spiro atoms. The Balaban J connectivity index is 2.10. The fraction of sp³-hybridized carbons (Fsp3) is 0.300. The largest absolute Gasteiger partial charge is 0.472 e. The minimum Gasteiger partial charge on any atom is -0.472 e. The van der Waals surface area contributed by atoms with Crippen LogP contribution in [0.15, 0.2) is 33.6 Å². The number of hydrogen-bond donors (Lipinski definition) is 1. The maximum Gasteiger partial charge on any atom is 0.208 e. The van der Waals surface area contributed by atoms with E-state index in [-0.39, 0.29) is 0 Å². The Morgan fingerprint density at radius 1 is 1.50 bits per heavy atom. The smallest absolute Gasteiger partial charge is 0.208 e. The van der Waals surface area contributed by atoms with Gasteiger partial charge in [0, 0.05) is 0 Å². The Labute approximate surface area is 81.9 Å². The summed E-state index contributed by atoms with van der Waals surface area (Å²) in [6.45, 7) is 3.61. The van der Waals surface area contributed by atoms with Gasteiger partial charge < -0.3 is 14.2 Å². The van der Waals surface area contributed by atoms with Crippen molar-refractivity contribution < 1.29 is 8.83 Å². The average molecular weight is 192 g/mol. The molecular weight excluding hydrogens is 180 g/mol. The third-order valence-corrected chi connectivity index (χ3v) is 1.89. The van der Waals surface area contributed by atoms with Gasteiger partial charge in [0.1, 0.15) is 6.26 Å². The molecule has 0 atom stereocenters. The van der Waals surface area contributed by atoms with Crippen LogP contribution in [-0.2, 0) is 6.54 Å². The Bertz CT molecular complexity index is 378. The van der Waals surface area contributed by atoms with Gasteiger partial charge in [0.15, 0.2) is 5.76 Å². The molecule has 0 bridgehead atoms. The Hall–Kier alpha value is -1.55. The van der Waals surface area contributed by atoms with Crippen molar-refractivity contribution in [1.29, 1.82) is 0 Å². The predicted molar refractivity (Wildman–Crippen MR) is 51.6 cm³/mol. The summed E-state index contributed by atoms with van der Waals surface area (Å²) in [6, 6.07) is 1.84. The van der Waals surface area contributed by atoms with E-state index in [1.165, 1.54) is 0 Å². The summed E-state index contributed by atoms with van der Waals surface area (Å²) in [5.41, 5.74) is 0.917. The predicted octanol–water partition coefficient (Wildman–Crippen LogP) is 2.04. The molecule has 2 aromatic rings. The number of oxazole rings is 1. The van der Waals surface area contributed by atoms with Crippen molar-refractivity contribution in [3.05, 3.63) is 30.7 Å². The van der Waals surface area contributed by atoms with Gasteiger partial charge in [-0.1, -0.05) is 6.92 Å². The van der Waals surface area contributed by atoms with Crippen LogP contribution in [0, 0.1) is 0 Å². The zero-order valence-corrected chi connectivity index (χ0v) is 7.99. The van der Waals surface area contributed by atoms with Crippen LogP contribution in [0.4, 0.5) is 0 Å². The van der Waals surface area contributed by atoms with Crippen LogP contribution in [-0.4, -0.2) is 11.5 Å². The molecule has 2 rings (SSSR count). The number of hydrogen-bond acceptors (Lipinski definition) is 4. The van der Waals surface area contributed by atoms with Crippen LogP contribution >= 0.6 is 0 Å². The van der Waals surface area contributed by atoms with E-state index < -0.39 is 0 Å². The molecule has 1 N–H and O–H groups in total. The van der Waals surface area contributed by atoms with Crippen LogP contribution in [0.5, 0.6) is 0 Å². The molecule has 4 heteroatoms. The summed E-state index contributed by atoms with van der Waals surface area (Å²) >= 11 is 0. The second-order valence-corrected chi connectivity index (χ2v) is 2.91. The lowest BCUT2D eigenvalue weighted by atomic mass is 10.3. The number of nitrogens with zero attached hydrogens (tertiary/aromatic N) is 1. The molecule has 0 saturated carbocycles. The normalized spacial score (nSPS) is 10.6. The van der Waals surface area contributed by atoms with Gasteiger partial charge in [-0.05, 0) is 12.6 Å². The van der Waals surface area contributed by atoms with Crippen LogP contribution < -0.4 is 5.32 Å². The van der Waals surface area contributed by atoms with E-state index in [4.69, 9.17) is 8.83 Å². The summed E-state index contributed by atoms with van der Waals surface area (Å²) in [4.78, 5) is 4.14. The van der Waals surface area contributed by atoms with Crippen molar-refractivity contribution in [2.75, 3.05) is 6.54 Å². The van der Waals surface area contributed by atoms with E-state index in [0.717, 1.165) is 17.9 Å². The topological polar surface area (TPSA) is 51.2 Å². The van der Waals surface area contributed by atoms with Gasteiger partial charge in [-0.25, -0.2) is 4.98 Å². The molecule has 0 radical (unpaired) electrons. The number of nitrogens with one attached hydrogen (secondary N) is 1. The summed E-state index contributed by atoms with van der Waals surface area (Å²) in [5.74, 6) is 1.44. The molecule has 0 aliphatic rings. The molecule has 14 heavy (non-hydrogen) atoms. The van der Waals surface area contributed by atoms with Crippen LogP contribution in [0.1, 0.15) is 12.8 Å². The van der Waals surface area contributed by atoms with Crippen molar-refractivity contribution in [2.45, 2.75) is 13.5 Å². The highest BCUT2D eigenvalue weighted by Gasteiger charge is 2.06. The maximum absolute atomic E-state index is 5.50. The molecule has 2 aromatic heterocycles. The first-order valence-corrected chi connectivity index (χ1v) is 4.58. The summed E-state index contributed by atoms with van der Waals surface area (Å²) < 4.78 is 10.5. The Kier molecular flexibility index (Phi) is 2.65. The SMILES string of the molecule is CCNCc1ncc(-c2ccoc2)o1. The second kappa shape index (κ2) is 4.11. The minimum atomic E-state index is 0.661. The van der Waals surface area contributed by atoms with E-state index in [1.54, 1.807) is 18.7 Å². The summed E-state index contributed by atoms with van der Waals surface area (Å²) in [7, 11) is 0. The van der Waals surface area contributed by atoms with Crippen LogP contribution in [0.3, 0.4) is 0 Å². The second-order valence-electron chi connectivity index (χ2n) is 2.91. The van der Waals surface area contributed by atoms with Crippen molar-refractivity contribution in [2.24, 2.45) is 0 Å². The first-order valence-electron chi connectivity index (χ1n) is 4.58. The monoisotopic (exact) mass is 192 g/mol. The maximum atomic E-state index is 5.50. The molecular formula is C10H12N2O2. The van der Waals surface area contributed by atoms with Crippen molar-refractivity contribution in [3.63, 3.8) is 0 Å². The molecule has 0 unspecified atom stereocenters. The fourth-order valence-corrected chi connectivity index (χ4v) is 1.16. The number of rotatable bonds is 4. The molecule has 0 aliphatic heterocycles. The molecule has 0 amide bonds. The third kappa shape index (κ3) is 1.85. The average Bonchev–Trinajstić information content (AvgIpc) is 2.85. The molecule has 0 saturated heterocycles. The van der Waals surface area contributed by atoms with E-state index in [1.807, 2.05) is 13.0 Å². The first-order chi connectivity index (χ1) is 6.90. The standard InChI is InChI=1S/C10H12N2O2/c1-2-11-6-10-12-5-9(14-10)8-3-4-13-7-8/h3-5,7,11H,2,6H2,1H3. The van der Waals surface area contributed by atoms with Gasteiger partial charge in [0.05, 0.1) is 24.6 Å². The van der Waals surface area contributed by atoms with E-state index in [0.29, 0.717) is 12.4 Å². The van der Waals surface area contributed by atoms with Crippen molar-refractivity contribution in [3.8, 4) is 11.3 Å². The van der Waals surface area contributed by atoms with Gasteiger partial charge in [-0.15, -0.1) is 0 Å². The van der Waals surface area contributed by atoms with Crippen LogP contribution in [0.25, 0.3) is 11.3 Å². The Morgan fingerprint density at radius 2 is 2.43 bits per heavy atom. The van der Waals surface area contributed by atoms with Crippen molar-refractivity contribution >= 4 is 0 Å². The fourth-order valence-electron chi connectivity index (χ4n) is 1.16. The zero-order valence-electron chi connectivity index (χ0n) is 7.99. The molecule has 0 aromatic carbocycles. The molecule has 0 aliphatic carbocycles. The van der Waals surface area contributed by atoms with Gasteiger partial charge in [0.2, 0.25) is 5.89 Å². The van der Waals surface area contributed by atoms with Crippen molar-refractivity contribution in [1.82, 2.24) is 10.3 Å². The molecule has 74 valence electrons. The molecule has 2 heterocycles. The van der Waals surface area contributed by atoms with Crippen LogP contribution in [0.2, 0.25) is 0 Å². The lowest BCUT2D eigenvalue weighted by Crippen LogP contribution is -2.11. The third-order valence-electron chi connectivity index (χ3n) is 1.89. The highest BCUT2D eigenvalue weighted by atomic mass is 16.4. The van der Waals surface area contributed by atoms with Gasteiger partial charge in [-0.2, -0.15) is 0 Å². The highest BCUT2D eigenvalue weighted by molar-refractivity contribution is 5.53. The summed E-state index contributed by atoms with van der Waals surface area (Å²) in [5, 5.41) is 3.14. The van der Waals surface area contributed by atoms with E-state index >= 15 is 0 Å². The summed E-state index contributed by atoms with van der Waals surface area (Å²) in [6.07, 6.45) is 4.96. The lowest BCUT2D eigenvalue weighted by Gasteiger charge is -1.94. The highest BCUT2D eigenvalue weighted by Crippen LogP contribution is 2.20. The number of furan rings is 1. The Morgan fingerprint density at radius 3 is 3.14 bits per heavy atom. The van der Waals surface area contributed by atoms with E-state index in [9.17, 15) is 0 Å². The number of aromatic nitrogens is 1.